The molecule has 1 saturated carbocycles. The minimum atomic E-state index is -1.91. The average molecular weight is 1090 g/mol. The van der Waals surface area contributed by atoms with Crippen molar-refractivity contribution in [3.8, 4) is 5.69 Å². The summed E-state index contributed by atoms with van der Waals surface area (Å²) < 4.78 is 63.1. The number of likely N-dealkylation sites (N-methyl/N-ethyl adjacent to an activating group) is 2. The van der Waals surface area contributed by atoms with Crippen molar-refractivity contribution in [3.05, 3.63) is 53.6 Å². The van der Waals surface area contributed by atoms with E-state index in [1.165, 1.54) is 25.8 Å². The third kappa shape index (κ3) is 12.4. The summed E-state index contributed by atoms with van der Waals surface area (Å²) in [5, 5.41) is 79.5. The van der Waals surface area contributed by atoms with Gasteiger partial charge in [-0.05, 0) is 118 Å². The summed E-state index contributed by atoms with van der Waals surface area (Å²) in [4.78, 5) is 18.7. The fourth-order valence-electron chi connectivity index (χ4n) is 13.0. The first kappa shape index (κ1) is 59.5. The van der Waals surface area contributed by atoms with Crippen molar-refractivity contribution in [1.82, 2.24) is 39.8 Å². The highest BCUT2D eigenvalue weighted by Gasteiger charge is 2.55. The highest BCUT2D eigenvalue weighted by molar-refractivity contribution is 5.73. The number of cyclic esters (lactones) is 1. The number of aliphatic hydroxyl groups is 5. The van der Waals surface area contributed by atoms with E-state index in [0.717, 1.165) is 16.9 Å². The molecule has 22 heteroatoms. The molecule has 3 saturated heterocycles. The van der Waals surface area contributed by atoms with Crippen LogP contribution in [0.5, 0.6) is 0 Å². The lowest BCUT2D eigenvalue weighted by Crippen LogP contribution is -2.61. The second kappa shape index (κ2) is 23.8. The quantitative estimate of drug-likeness (QED) is 0.221. The minimum absolute atomic E-state index is 0.0520. The number of alkyl halides is 1. The van der Waals surface area contributed by atoms with Gasteiger partial charge in [0.15, 0.2) is 12.6 Å². The molecule has 9 rings (SSSR count). The van der Waals surface area contributed by atoms with Gasteiger partial charge in [-0.25, -0.2) is 13.8 Å². The molecule has 5 N–H and O–H groups in total. The van der Waals surface area contributed by atoms with Crippen LogP contribution in [0.15, 0.2) is 36.7 Å². The summed E-state index contributed by atoms with van der Waals surface area (Å²) in [5.74, 6) is -3.16. The van der Waals surface area contributed by atoms with Crippen LogP contribution in [0.1, 0.15) is 129 Å². The molecule has 1 aromatic carbocycles. The summed E-state index contributed by atoms with van der Waals surface area (Å²) in [6.45, 7) is 15.6. The van der Waals surface area contributed by atoms with Crippen LogP contribution in [-0.4, -0.2) is 210 Å². The van der Waals surface area contributed by atoms with E-state index in [4.69, 9.17) is 33.2 Å². The van der Waals surface area contributed by atoms with Crippen LogP contribution < -0.4 is 0 Å². The number of aromatic nitrogens is 6. The lowest BCUT2D eigenvalue weighted by atomic mass is 9.76. The maximum atomic E-state index is 15.0. The van der Waals surface area contributed by atoms with E-state index in [-0.39, 0.29) is 37.0 Å². The standard InChI is InChI=1S/C55H87FN8O13/c1-14-43-55(9,70)48(66)32(5)62(11)26-35-23-53(7,69)50(30(3)46(31(4)51(68)75-43)76-44-24-54(8,72-13)49(67)33(6)74-44)77-52-45(65)41(21-29(2)73-52)61(10)20-19-36-27-64(59-57-36)42(25-56)47(71-12)34-15-17-37(18-16-34)63-28-40(58-60-63)39-22-38(35)39/h15-18,27-33,35,38-39,41-50,52,65-67,69-70H,14,19-26H2,1-13H3/t29-,30+,31-,32-,33+,35-,38?,39?,41+,42-,43-,44+,45-,46+,47-,48-,49+,50-,52+,53-,54-,55-/m1/s1. The van der Waals surface area contributed by atoms with Gasteiger partial charge in [0.1, 0.15) is 48.8 Å². The van der Waals surface area contributed by atoms with E-state index < -0.39 is 127 Å². The van der Waals surface area contributed by atoms with E-state index in [1.807, 2.05) is 75.1 Å². The number of fused-ring (bicyclic) bond motifs is 5. The molecule has 4 fully saturated rings. The molecule has 0 radical (unpaired) electrons. The number of esters is 1. The third-order valence-corrected chi connectivity index (χ3v) is 18.1. The van der Waals surface area contributed by atoms with Gasteiger partial charge in [0, 0.05) is 70.3 Å². The second-order valence-electron chi connectivity index (χ2n) is 23.8. The summed E-state index contributed by atoms with van der Waals surface area (Å²) in [6.07, 6.45) is -5.78. The van der Waals surface area contributed by atoms with Gasteiger partial charge in [0.25, 0.3) is 0 Å². The van der Waals surface area contributed by atoms with Crippen LogP contribution in [0.2, 0.25) is 0 Å². The Morgan fingerprint density at radius 2 is 1.60 bits per heavy atom. The molecule has 432 valence electrons. The van der Waals surface area contributed by atoms with Gasteiger partial charge >= 0.3 is 5.97 Å². The topological polar surface area (TPSA) is 251 Å². The molecule has 0 spiro atoms. The fraction of sp³-hybridized carbons (Fsp3) is 0.800. The molecule has 10 bridgehead atoms. The van der Waals surface area contributed by atoms with Crippen molar-refractivity contribution in [1.29, 1.82) is 0 Å². The SMILES string of the molecule is CC[C@H]1OC(=O)[C@H](C)[C@@H](O[C@H]2C[C@@](C)(OC)[C@@H](O)[C@H](C)O2)[C@H](C)[C@H]2O[C@@H]3O[C@H](C)C[C@@H]([C@H]3O)N(C)CCc3cn(nn3)[C@H](CF)[C@H](OC)c3ccc(cc3)-n3cc(nn3)C3CC3[C@@H](CN(C)[C@H](C)[C@@H](O)[C@]1(C)O)C[C@@]2(C)O. The van der Waals surface area contributed by atoms with E-state index in [2.05, 4.69) is 20.6 Å². The minimum Gasteiger partial charge on any atom is -0.459 e. The summed E-state index contributed by atoms with van der Waals surface area (Å²) in [6, 6.07) is 5.54. The zero-order valence-corrected chi connectivity index (χ0v) is 47.3. The number of methoxy groups -OCH3 is 2. The number of rotatable bonds is 6. The predicted molar refractivity (Wildman–Crippen MR) is 278 cm³/mol. The van der Waals surface area contributed by atoms with Crippen LogP contribution in [0.25, 0.3) is 5.69 Å². The molecule has 2 aromatic heterocycles. The maximum Gasteiger partial charge on any atom is 0.311 e. The van der Waals surface area contributed by atoms with Crippen LogP contribution >= 0.6 is 0 Å². The van der Waals surface area contributed by atoms with Crippen molar-refractivity contribution in [2.45, 2.75) is 209 Å². The van der Waals surface area contributed by atoms with Crippen molar-refractivity contribution in [2.75, 3.05) is 48.1 Å². The van der Waals surface area contributed by atoms with Crippen molar-refractivity contribution >= 4 is 5.97 Å². The molecule has 6 aliphatic rings. The Morgan fingerprint density at radius 1 is 0.883 bits per heavy atom. The van der Waals surface area contributed by atoms with Gasteiger partial charge in [0.2, 0.25) is 0 Å². The molecule has 77 heavy (non-hydrogen) atoms. The number of ether oxygens (including phenoxy) is 7. The number of aliphatic hydroxyl groups excluding tert-OH is 3. The number of carbonyl (C=O) groups excluding carboxylic acids is 1. The molecule has 21 nitrogen and oxygen atoms in total. The molecule has 0 amide bonds. The molecular formula is C55H87FN8O13. The van der Waals surface area contributed by atoms with Crippen molar-refractivity contribution < 1.29 is 67.9 Å². The largest absolute Gasteiger partial charge is 0.459 e. The third-order valence-electron chi connectivity index (χ3n) is 18.1. The van der Waals surface area contributed by atoms with Crippen LogP contribution in [0.3, 0.4) is 0 Å². The maximum absolute atomic E-state index is 15.0. The first-order valence-electron chi connectivity index (χ1n) is 27.6. The highest BCUT2D eigenvalue weighted by atomic mass is 19.1. The Kier molecular flexibility index (Phi) is 18.4. The Balaban J connectivity index is 1.24. The van der Waals surface area contributed by atoms with Gasteiger partial charge in [-0.3, -0.25) is 4.79 Å². The number of hydrogen-bond donors (Lipinski definition) is 5. The second-order valence-corrected chi connectivity index (χ2v) is 23.8. The molecule has 22 atom stereocenters. The molecule has 7 heterocycles. The Bertz CT molecular complexity index is 2410. The molecule has 3 aromatic rings. The van der Waals surface area contributed by atoms with Crippen LogP contribution in [0, 0.1) is 23.7 Å². The number of hydrogen-bond acceptors (Lipinski definition) is 19. The summed E-state index contributed by atoms with van der Waals surface area (Å²) in [7, 11) is 6.80. The first-order valence-corrected chi connectivity index (χ1v) is 27.6. The zero-order chi connectivity index (χ0) is 56.1. The number of carbonyl (C=O) groups is 1. The normalized spacial score (nSPS) is 43.3. The smallest absolute Gasteiger partial charge is 0.311 e. The van der Waals surface area contributed by atoms with Gasteiger partial charge in [0.05, 0.1) is 64.8 Å². The molecule has 5 aliphatic heterocycles. The number of halogens is 1. The molecule has 1 aliphatic carbocycles. The lowest BCUT2D eigenvalue weighted by Gasteiger charge is -2.49. The van der Waals surface area contributed by atoms with E-state index in [1.54, 1.807) is 45.5 Å². The van der Waals surface area contributed by atoms with E-state index >= 15 is 4.39 Å². The first-order chi connectivity index (χ1) is 36.3. The van der Waals surface area contributed by atoms with Crippen LogP contribution in [0.4, 0.5) is 4.39 Å². The molecular weight excluding hydrogens is 1000 g/mol. The lowest BCUT2D eigenvalue weighted by molar-refractivity contribution is -0.318. The monoisotopic (exact) mass is 1090 g/mol. The molecule has 2 unspecified atom stereocenters. The summed E-state index contributed by atoms with van der Waals surface area (Å²) in [5.41, 5.74) is -1.93. The van der Waals surface area contributed by atoms with Crippen molar-refractivity contribution in [2.24, 2.45) is 23.7 Å². The Hall–Kier alpha value is -3.62. The number of benzene rings is 1. The Labute approximate surface area is 452 Å². The van der Waals surface area contributed by atoms with Crippen LogP contribution in [-0.2, 0) is 44.4 Å². The van der Waals surface area contributed by atoms with Gasteiger partial charge < -0.3 is 68.5 Å². The Morgan fingerprint density at radius 3 is 2.26 bits per heavy atom. The average Bonchev–Trinajstić information content (AvgIpc) is 3.79. The fourth-order valence-corrected chi connectivity index (χ4v) is 13.0. The predicted octanol–water partition coefficient (Wildman–Crippen LogP) is 3.68. The van der Waals surface area contributed by atoms with E-state index in [0.29, 0.717) is 38.0 Å². The zero-order valence-electron chi connectivity index (χ0n) is 47.3. The van der Waals surface area contributed by atoms with Crippen molar-refractivity contribution in [3.63, 3.8) is 0 Å². The summed E-state index contributed by atoms with van der Waals surface area (Å²) >= 11 is 0. The van der Waals surface area contributed by atoms with Gasteiger partial charge in [-0.2, -0.15) is 0 Å². The van der Waals surface area contributed by atoms with Gasteiger partial charge in [-0.1, -0.05) is 36.4 Å². The highest BCUT2D eigenvalue weighted by Crippen LogP contribution is 2.54. The van der Waals surface area contributed by atoms with E-state index in [9.17, 15) is 30.3 Å². The van der Waals surface area contributed by atoms with Gasteiger partial charge in [-0.15, -0.1) is 10.2 Å². The number of nitrogens with zero attached hydrogens (tertiary/aromatic N) is 8.